The average Bonchev–Trinajstić information content (AvgIpc) is 3.02. The minimum atomic E-state index is -0.748. The van der Waals surface area contributed by atoms with Crippen LogP contribution in [0.2, 0.25) is 0 Å². The number of amides is 1. The zero-order valence-electron chi connectivity index (χ0n) is 8.58. The number of nitriles is 1. The molecule has 1 aliphatic rings. The van der Waals surface area contributed by atoms with E-state index in [1.807, 2.05) is 31.2 Å². The Balaban J connectivity index is 2.14. The Morgan fingerprint density at radius 2 is 2.13 bits per heavy atom. The molecule has 1 saturated carbocycles. The number of rotatable bonds is 2. The smallest absolute Gasteiger partial charge is 0.244 e. The van der Waals surface area contributed by atoms with E-state index in [0.717, 1.165) is 11.3 Å². The van der Waals surface area contributed by atoms with Crippen molar-refractivity contribution in [2.45, 2.75) is 19.8 Å². The lowest BCUT2D eigenvalue weighted by molar-refractivity contribution is -0.119. The summed E-state index contributed by atoms with van der Waals surface area (Å²) < 4.78 is 0. The topological polar surface area (TPSA) is 52.9 Å². The highest BCUT2D eigenvalue weighted by molar-refractivity contribution is 5.99. The Hall–Kier alpha value is -1.82. The predicted octanol–water partition coefficient (Wildman–Crippen LogP) is 2.24. The molecule has 15 heavy (non-hydrogen) atoms. The highest BCUT2D eigenvalue weighted by atomic mass is 16.2. The van der Waals surface area contributed by atoms with Crippen LogP contribution in [0.15, 0.2) is 24.3 Å². The molecule has 1 fully saturated rings. The predicted molar refractivity (Wildman–Crippen MR) is 57.1 cm³/mol. The molecule has 0 aliphatic heterocycles. The van der Waals surface area contributed by atoms with Crippen LogP contribution in [-0.4, -0.2) is 5.91 Å². The number of hydrogen-bond acceptors (Lipinski definition) is 2. The Morgan fingerprint density at radius 1 is 1.47 bits per heavy atom. The fraction of sp³-hybridized carbons (Fsp3) is 0.333. The second kappa shape index (κ2) is 3.39. The monoisotopic (exact) mass is 200 g/mol. The molecular weight excluding hydrogens is 188 g/mol. The van der Waals surface area contributed by atoms with Crippen LogP contribution in [0.25, 0.3) is 0 Å². The molecule has 0 heterocycles. The third-order valence-corrected chi connectivity index (χ3v) is 2.79. The SMILES string of the molecule is Cc1ccccc1NC(=O)C1(C#N)CC1. The molecule has 0 aromatic heterocycles. The molecule has 0 unspecified atom stereocenters. The summed E-state index contributed by atoms with van der Waals surface area (Å²) in [5.41, 5.74) is 1.06. The lowest BCUT2D eigenvalue weighted by Crippen LogP contribution is -2.23. The van der Waals surface area contributed by atoms with Crippen LogP contribution >= 0.6 is 0 Å². The van der Waals surface area contributed by atoms with Gasteiger partial charge < -0.3 is 5.32 Å². The summed E-state index contributed by atoms with van der Waals surface area (Å²) in [6.45, 7) is 1.93. The maximum absolute atomic E-state index is 11.7. The maximum atomic E-state index is 11.7. The Bertz CT molecular complexity index is 441. The number of benzene rings is 1. The van der Waals surface area contributed by atoms with E-state index >= 15 is 0 Å². The molecule has 1 N–H and O–H groups in total. The fourth-order valence-electron chi connectivity index (χ4n) is 1.47. The van der Waals surface area contributed by atoms with Gasteiger partial charge in [0, 0.05) is 5.69 Å². The van der Waals surface area contributed by atoms with Gasteiger partial charge in [0.25, 0.3) is 0 Å². The third kappa shape index (κ3) is 1.71. The molecule has 3 heteroatoms. The molecule has 2 rings (SSSR count). The minimum Gasteiger partial charge on any atom is -0.324 e. The summed E-state index contributed by atoms with van der Waals surface area (Å²) >= 11 is 0. The van der Waals surface area contributed by atoms with Crippen LogP contribution in [-0.2, 0) is 4.79 Å². The molecule has 0 saturated heterocycles. The normalized spacial score (nSPS) is 16.5. The van der Waals surface area contributed by atoms with Crippen molar-refractivity contribution in [3.8, 4) is 6.07 Å². The molecule has 0 radical (unpaired) electrons. The number of hydrogen-bond donors (Lipinski definition) is 1. The summed E-state index contributed by atoms with van der Waals surface area (Å²) in [5.74, 6) is -0.167. The van der Waals surface area contributed by atoms with E-state index < -0.39 is 5.41 Å². The van der Waals surface area contributed by atoms with Gasteiger partial charge >= 0.3 is 0 Å². The van der Waals surface area contributed by atoms with Crippen molar-refractivity contribution in [1.82, 2.24) is 0 Å². The lowest BCUT2D eigenvalue weighted by atomic mass is 10.1. The number of anilines is 1. The number of carbonyl (C=O) groups is 1. The van der Waals surface area contributed by atoms with Gasteiger partial charge in [-0.15, -0.1) is 0 Å². The van der Waals surface area contributed by atoms with Gasteiger partial charge in [-0.25, -0.2) is 0 Å². The lowest BCUT2D eigenvalue weighted by Gasteiger charge is -2.10. The highest BCUT2D eigenvalue weighted by Gasteiger charge is 2.50. The van der Waals surface area contributed by atoms with Gasteiger partial charge in [0.1, 0.15) is 5.41 Å². The van der Waals surface area contributed by atoms with E-state index in [4.69, 9.17) is 5.26 Å². The molecular formula is C12H12N2O. The van der Waals surface area contributed by atoms with Crippen molar-refractivity contribution >= 4 is 11.6 Å². The van der Waals surface area contributed by atoms with Crippen molar-refractivity contribution in [1.29, 1.82) is 5.26 Å². The second-order valence-corrected chi connectivity index (χ2v) is 3.96. The van der Waals surface area contributed by atoms with Gasteiger partial charge in [0.05, 0.1) is 6.07 Å². The Morgan fingerprint density at radius 3 is 2.67 bits per heavy atom. The van der Waals surface area contributed by atoms with Crippen molar-refractivity contribution in [3.63, 3.8) is 0 Å². The minimum absolute atomic E-state index is 0.167. The largest absolute Gasteiger partial charge is 0.324 e. The summed E-state index contributed by atoms with van der Waals surface area (Å²) in [6.07, 6.45) is 1.36. The second-order valence-electron chi connectivity index (χ2n) is 3.96. The van der Waals surface area contributed by atoms with Crippen LogP contribution < -0.4 is 5.32 Å². The highest BCUT2D eigenvalue weighted by Crippen LogP contribution is 2.45. The molecule has 3 nitrogen and oxygen atoms in total. The zero-order valence-corrected chi connectivity index (χ0v) is 8.58. The van der Waals surface area contributed by atoms with Gasteiger partial charge in [-0.1, -0.05) is 18.2 Å². The van der Waals surface area contributed by atoms with E-state index in [-0.39, 0.29) is 5.91 Å². The van der Waals surface area contributed by atoms with Gasteiger partial charge in [0.15, 0.2) is 0 Å². The number of nitrogens with zero attached hydrogens (tertiary/aromatic N) is 1. The molecule has 1 amide bonds. The maximum Gasteiger partial charge on any atom is 0.244 e. The Kier molecular flexibility index (Phi) is 2.20. The number of para-hydroxylation sites is 1. The molecule has 1 aromatic rings. The standard InChI is InChI=1S/C12H12N2O/c1-9-4-2-3-5-10(9)14-11(15)12(8-13)6-7-12/h2-5H,6-7H2,1H3,(H,14,15). The first-order valence-corrected chi connectivity index (χ1v) is 4.96. The summed E-state index contributed by atoms with van der Waals surface area (Å²) in [7, 11) is 0. The zero-order chi connectivity index (χ0) is 10.9. The molecule has 0 bridgehead atoms. The summed E-state index contributed by atoms with van der Waals surface area (Å²) in [6, 6.07) is 9.65. The molecule has 1 aliphatic carbocycles. The quantitative estimate of drug-likeness (QED) is 0.795. The van der Waals surface area contributed by atoms with E-state index in [0.29, 0.717) is 12.8 Å². The average molecular weight is 200 g/mol. The molecule has 76 valence electrons. The number of carbonyl (C=O) groups excluding carboxylic acids is 1. The van der Waals surface area contributed by atoms with Crippen LogP contribution in [0, 0.1) is 23.7 Å². The summed E-state index contributed by atoms with van der Waals surface area (Å²) in [5, 5.41) is 11.7. The van der Waals surface area contributed by atoms with E-state index in [1.54, 1.807) is 0 Å². The van der Waals surface area contributed by atoms with Crippen LogP contribution in [0.1, 0.15) is 18.4 Å². The van der Waals surface area contributed by atoms with Gasteiger partial charge in [-0.2, -0.15) is 5.26 Å². The first-order valence-electron chi connectivity index (χ1n) is 4.96. The van der Waals surface area contributed by atoms with E-state index in [9.17, 15) is 4.79 Å². The van der Waals surface area contributed by atoms with Gasteiger partial charge in [0.2, 0.25) is 5.91 Å². The van der Waals surface area contributed by atoms with E-state index in [1.165, 1.54) is 0 Å². The van der Waals surface area contributed by atoms with Crippen molar-refractivity contribution in [3.05, 3.63) is 29.8 Å². The van der Waals surface area contributed by atoms with E-state index in [2.05, 4.69) is 11.4 Å². The van der Waals surface area contributed by atoms with Crippen LogP contribution in [0.5, 0.6) is 0 Å². The third-order valence-electron chi connectivity index (χ3n) is 2.79. The van der Waals surface area contributed by atoms with Crippen LogP contribution in [0.3, 0.4) is 0 Å². The van der Waals surface area contributed by atoms with Gasteiger partial charge in [-0.05, 0) is 31.4 Å². The van der Waals surface area contributed by atoms with Crippen molar-refractivity contribution < 1.29 is 4.79 Å². The van der Waals surface area contributed by atoms with Crippen LogP contribution in [0.4, 0.5) is 5.69 Å². The number of nitrogens with one attached hydrogen (secondary N) is 1. The Labute approximate surface area is 88.7 Å². The molecule has 0 spiro atoms. The van der Waals surface area contributed by atoms with Crippen molar-refractivity contribution in [2.75, 3.05) is 5.32 Å². The summed E-state index contributed by atoms with van der Waals surface area (Å²) in [4.78, 5) is 11.7. The fourth-order valence-corrected chi connectivity index (χ4v) is 1.47. The van der Waals surface area contributed by atoms with Gasteiger partial charge in [-0.3, -0.25) is 4.79 Å². The molecule has 1 aromatic carbocycles. The van der Waals surface area contributed by atoms with Crippen molar-refractivity contribution in [2.24, 2.45) is 5.41 Å². The number of aryl methyl sites for hydroxylation is 1. The first-order chi connectivity index (χ1) is 7.18. The first kappa shape index (κ1) is 9.72. The molecule has 0 atom stereocenters.